The summed E-state index contributed by atoms with van der Waals surface area (Å²) >= 11 is 12.2. The van der Waals surface area contributed by atoms with E-state index in [4.69, 9.17) is 28.9 Å². The molecule has 0 spiro atoms. The number of nitrogens with zero attached hydrogens (tertiary/aromatic N) is 1. The van der Waals surface area contributed by atoms with E-state index >= 15 is 0 Å². The Bertz CT molecular complexity index is 1390. The molecule has 38 heavy (non-hydrogen) atoms. The monoisotopic (exact) mass is 543 g/mol. The number of nitrogens with two attached hydrogens (primary N) is 1. The zero-order chi connectivity index (χ0) is 26.6. The van der Waals surface area contributed by atoms with Crippen LogP contribution in [0.15, 0.2) is 91.0 Å². The molecule has 3 unspecified atom stereocenters. The largest absolute Gasteiger partial charge is 0.398 e. The van der Waals surface area contributed by atoms with Gasteiger partial charge in [-0.15, -0.1) is 0 Å². The number of rotatable bonds is 3. The van der Waals surface area contributed by atoms with E-state index in [0.29, 0.717) is 27.9 Å². The van der Waals surface area contributed by atoms with Crippen molar-refractivity contribution in [3.63, 3.8) is 0 Å². The molecular formula is C33H35Cl2N3. The number of likely N-dealkylation sites (N-methyl/N-ethyl adjacent to an activating group) is 1. The lowest BCUT2D eigenvalue weighted by atomic mass is 9.77. The molecule has 6 rings (SSSR count). The summed E-state index contributed by atoms with van der Waals surface area (Å²) in [5.74, 6) is 0.842. The average molecular weight is 545 g/mol. The molecule has 3 atom stereocenters. The number of hydrogen-bond acceptors (Lipinski definition) is 3. The summed E-state index contributed by atoms with van der Waals surface area (Å²) in [5.41, 5.74) is 15.1. The molecule has 0 fully saturated rings. The Balaban J connectivity index is 0.000000156. The highest BCUT2D eigenvalue weighted by Crippen LogP contribution is 2.42. The topological polar surface area (TPSA) is 41.3 Å². The number of hydrogen-bond donors (Lipinski definition) is 2. The highest BCUT2D eigenvalue weighted by molar-refractivity contribution is 6.42. The predicted molar refractivity (Wildman–Crippen MR) is 161 cm³/mol. The Morgan fingerprint density at radius 2 is 1.45 bits per heavy atom. The van der Waals surface area contributed by atoms with E-state index in [9.17, 15) is 0 Å². The minimum absolute atomic E-state index is 0.408. The van der Waals surface area contributed by atoms with Crippen LogP contribution in [-0.2, 0) is 6.54 Å². The first kappa shape index (κ1) is 26.8. The van der Waals surface area contributed by atoms with Crippen molar-refractivity contribution in [3.05, 3.63) is 134 Å². The van der Waals surface area contributed by atoms with Gasteiger partial charge in [0.2, 0.25) is 0 Å². The van der Waals surface area contributed by atoms with Crippen LogP contribution in [0.1, 0.15) is 64.1 Å². The molecule has 196 valence electrons. The highest BCUT2D eigenvalue weighted by atomic mass is 35.5. The molecule has 4 aromatic carbocycles. The molecule has 0 bridgehead atoms. The molecule has 1 aliphatic heterocycles. The maximum atomic E-state index is 6.17. The van der Waals surface area contributed by atoms with E-state index < -0.39 is 0 Å². The third kappa shape index (κ3) is 5.62. The fraction of sp³-hybridized carbons (Fsp3) is 0.273. The Morgan fingerprint density at radius 3 is 2.18 bits per heavy atom. The second kappa shape index (κ2) is 11.9. The fourth-order valence-electron chi connectivity index (χ4n) is 6.01. The summed E-state index contributed by atoms with van der Waals surface area (Å²) in [7, 11) is 4.19. The van der Waals surface area contributed by atoms with Crippen molar-refractivity contribution in [1.29, 1.82) is 0 Å². The quantitative estimate of drug-likeness (QED) is 0.257. The minimum atomic E-state index is 0.408. The average Bonchev–Trinajstić information content (AvgIpc) is 2.95. The minimum Gasteiger partial charge on any atom is -0.398 e. The van der Waals surface area contributed by atoms with Gasteiger partial charge in [0.25, 0.3) is 0 Å². The lowest BCUT2D eigenvalue weighted by Gasteiger charge is -2.33. The summed E-state index contributed by atoms with van der Waals surface area (Å²) in [6, 6.07) is 32.1. The third-order valence-corrected chi connectivity index (χ3v) is 8.67. The molecule has 5 heteroatoms. The SMILES string of the molecule is CN1Cc2c(N)cccc2C(c2ccccc2)C1.CNC1CCC(c2ccc(Cl)c(Cl)c2)c2ccccc21. The molecule has 0 aromatic heterocycles. The second-order valence-electron chi connectivity index (χ2n) is 10.3. The lowest BCUT2D eigenvalue weighted by Crippen LogP contribution is -2.31. The molecule has 1 heterocycles. The van der Waals surface area contributed by atoms with Gasteiger partial charge in [-0.3, -0.25) is 0 Å². The summed E-state index contributed by atoms with van der Waals surface area (Å²) in [6.07, 6.45) is 2.26. The zero-order valence-electron chi connectivity index (χ0n) is 22.0. The Kier molecular flexibility index (Phi) is 8.40. The summed E-state index contributed by atoms with van der Waals surface area (Å²) in [4.78, 5) is 2.34. The summed E-state index contributed by atoms with van der Waals surface area (Å²) < 4.78 is 0. The van der Waals surface area contributed by atoms with E-state index in [0.717, 1.165) is 31.6 Å². The van der Waals surface area contributed by atoms with Crippen molar-refractivity contribution < 1.29 is 0 Å². The molecule has 0 saturated carbocycles. The van der Waals surface area contributed by atoms with Gasteiger partial charge in [-0.25, -0.2) is 0 Å². The first-order valence-corrected chi connectivity index (χ1v) is 14.0. The Labute approximate surface area is 236 Å². The van der Waals surface area contributed by atoms with Crippen LogP contribution in [0, 0.1) is 0 Å². The van der Waals surface area contributed by atoms with Crippen molar-refractivity contribution in [2.75, 3.05) is 26.4 Å². The first-order valence-electron chi connectivity index (χ1n) is 13.3. The van der Waals surface area contributed by atoms with E-state index in [-0.39, 0.29) is 0 Å². The smallest absolute Gasteiger partial charge is 0.0595 e. The van der Waals surface area contributed by atoms with Crippen LogP contribution in [0.25, 0.3) is 0 Å². The maximum absolute atomic E-state index is 6.17. The number of anilines is 1. The van der Waals surface area contributed by atoms with E-state index in [2.05, 4.69) is 90.1 Å². The normalized spacial score (nSPS) is 20.6. The number of halogens is 2. The molecule has 1 aliphatic carbocycles. The summed E-state index contributed by atoms with van der Waals surface area (Å²) in [6.45, 7) is 2.01. The van der Waals surface area contributed by atoms with Crippen molar-refractivity contribution in [2.45, 2.75) is 37.3 Å². The van der Waals surface area contributed by atoms with Crippen LogP contribution in [0.4, 0.5) is 5.69 Å². The van der Waals surface area contributed by atoms with E-state index in [1.807, 2.05) is 25.2 Å². The van der Waals surface area contributed by atoms with Gasteiger partial charge >= 0.3 is 0 Å². The van der Waals surface area contributed by atoms with Crippen LogP contribution in [0.3, 0.4) is 0 Å². The van der Waals surface area contributed by atoms with E-state index in [1.54, 1.807) is 0 Å². The van der Waals surface area contributed by atoms with Crippen molar-refractivity contribution in [3.8, 4) is 0 Å². The van der Waals surface area contributed by atoms with Gasteiger partial charge in [0.15, 0.2) is 0 Å². The molecule has 0 amide bonds. The van der Waals surface area contributed by atoms with Crippen LogP contribution in [0.5, 0.6) is 0 Å². The van der Waals surface area contributed by atoms with Gasteiger partial charge in [0, 0.05) is 36.7 Å². The molecule has 3 nitrogen and oxygen atoms in total. The lowest BCUT2D eigenvalue weighted by molar-refractivity contribution is 0.296. The third-order valence-electron chi connectivity index (χ3n) is 7.93. The molecule has 4 aromatic rings. The zero-order valence-corrected chi connectivity index (χ0v) is 23.5. The van der Waals surface area contributed by atoms with Crippen molar-refractivity contribution >= 4 is 28.9 Å². The van der Waals surface area contributed by atoms with Gasteiger partial charge in [0.1, 0.15) is 0 Å². The molecule has 0 radical (unpaired) electrons. The first-order chi connectivity index (χ1) is 18.5. The van der Waals surface area contributed by atoms with Crippen LogP contribution >= 0.6 is 23.2 Å². The van der Waals surface area contributed by atoms with Gasteiger partial charge in [-0.2, -0.15) is 0 Å². The molecular weight excluding hydrogens is 509 g/mol. The molecule has 0 saturated heterocycles. The number of nitrogens with one attached hydrogen (secondary N) is 1. The van der Waals surface area contributed by atoms with Crippen LogP contribution in [-0.4, -0.2) is 25.5 Å². The van der Waals surface area contributed by atoms with Crippen molar-refractivity contribution in [1.82, 2.24) is 10.2 Å². The van der Waals surface area contributed by atoms with Gasteiger partial charge in [-0.05, 0) is 78.5 Å². The number of benzene rings is 4. The highest BCUT2D eigenvalue weighted by Gasteiger charge is 2.27. The second-order valence-corrected chi connectivity index (χ2v) is 11.2. The van der Waals surface area contributed by atoms with Crippen molar-refractivity contribution in [2.24, 2.45) is 0 Å². The van der Waals surface area contributed by atoms with E-state index in [1.165, 1.54) is 33.4 Å². The molecule has 2 aliphatic rings. The fourth-order valence-corrected chi connectivity index (χ4v) is 6.32. The van der Waals surface area contributed by atoms with Gasteiger partial charge in [0.05, 0.1) is 10.0 Å². The van der Waals surface area contributed by atoms with Crippen LogP contribution < -0.4 is 11.1 Å². The Morgan fingerprint density at radius 1 is 0.737 bits per heavy atom. The number of fused-ring (bicyclic) bond motifs is 2. The molecule has 3 N–H and O–H groups in total. The Hall–Kier alpha value is -2.82. The number of nitrogen functional groups attached to an aromatic ring is 1. The maximum Gasteiger partial charge on any atom is 0.0595 e. The predicted octanol–water partition coefficient (Wildman–Crippen LogP) is 8.03. The van der Waals surface area contributed by atoms with Gasteiger partial charge in [-0.1, -0.05) is 96.0 Å². The van der Waals surface area contributed by atoms with Gasteiger partial charge < -0.3 is 16.0 Å². The standard InChI is InChI=1S/C17H17Cl2N.C16H18N2/c1-20-17-9-7-12(13-4-2-3-5-14(13)17)11-6-8-15(18)16(19)10-11;1-18-10-14(12-6-3-2-4-7-12)13-8-5-9-16(17)15(13)11-18/h2-6,8,10,12,17,20H,7,9H2,1H3;2-9,14H,10-11,17H2,1H3. The summed E-state index contributed by atoms with van der Waals surface area (Å²) in [5, 5.41) is 4.66. The van der Waals surface area contributed by atoms with Crippen LogP contribution in [0.2, 0.25) is 10.0 Å².